The topological polar surface area (TPSA) is 55.6 Å². The van der Waals surface area contributed by atoms with Gasteiger partial charge in [0.05, 0.1) is 13.2 Å². The van der Waals surface area contributed by atoms with E-state index < -0.39 is 0 Å². The number of fused-ring (bicyclic) bond motifs is 1. The number of benzene rings is 2. The van der Waals surface area contributed by atoms with Crippen LogP contribution in [0, 0.1) is 5.92 Å². The number of carbonyl (C=O) groups excluding carboxylic acids is 1. The number of likely N-dealkylation sites (tertiary alicyclic amines) is 1. The molecule has 2 heterocycles. The molecule has 5 heteroatoms. The van der Waals surface area contributed by atoms with Crippen LogP contribution in [0.25, 0.3) is 0 Å². The molecule has 0 spiro atoms. The van der Waals surface area contributed by atoms with E-state index in [1.807, 2.05) is 41.3 Å². The van der Waals surface area contributed by atoms with Crippen LogP contribution in [0.5, 0.6) is 0 Å². The molecule has 132 valence electrons. The molecule has 1 amide bonds. The number of carbonyl (C=O) groups is 1. The molecule has 0 aromatic heterocycles. The average molecular weight is 359 g/mol. The van der Waals surface area contributed by atoms with Crippen molar-refractivity contribution in [2.45, 2.75) is 19.1 Å². The van der Waals surface area contributed by atoms with Crippen LogP contribution in [0.1, 0.15) is 33.0 Å². The van der Waals surface area contributed by atoms with Crippen LogP contribution in [0.3, 0.4) is 0 Å². The van der Waals surface area contributed by atoms with Gasteiger partial charge in [-0.25, -0.2) is 0 Å². The first kappa shape index (κ1) is 17.9. The van der Waals surface area contributed by atoms with Gasteiger partial charge in [0.1, 0.15) is 0 Å². The van der Waals surface area contributed by atoms with Crippen molar-refractivity contribution in [2.75, 3.05) is 19.6 Å². The zero-order valence-corrected chi connectivity index (χ0v) is 14.9. The summed E-state index contributed by atoms with van der Waals surface area (Å²) < 4.78 is 5.44. The summed E-state index contributed by atoms with van der Waals surface area (Å²) in [4.78, 5) is 14.9. The van der Waals surface area contributed by atoms with Crippen molar-refractivity contribution in [1.82, 2.24) is 4.90 Å². The fourth-order valence-corrected chi connectivity index (χ4v) is 3.84. The van der Waals surface area contributed by atoms with Crippen molar-refractivity contribution >= 4 is 18.3 Å². The molecule has 4 rings (SSSR count). The zero-order chi connectivity index (χ0) is 16.5. The maximum Gasteiger partial charge on any atom is 0.253 e. The number of halogens is 1. The number of hydrogen-bond acceptors (Lipinski definition) is 3. The largest absolute Gasteiger partial charge is 0.372 e. The fraction of sp³-hybridized carbons (Fsp3) is 0.350. The van der Waals surface area contributed by atoms with Crippen molar-refractivity contribution in [3.63, 3.8) is 0 Å². The summed E-state index contributed by atoms with van der Waals surface area (Å²) in [6.07, 6.45) is 0. The lowest BCUT2D eigenvalue weighted by atomic mass is 9.89. The van der Waals surface area contributed by atoms with Crippen molar-refractivity contribution in [2.24, 2.45) is 11.7 Å². The van der Waals surface area contributed by atoms with Gasteiger partial charge in [-0.2, -0.15) is 0 Å². The number of rotatable bonds is 3. The highest BCUT2D eigenvalue weighted by atomic mass is 35.5. The summed E-state index contributed by atoms with van der Waals surface area (Å²) in [5.41, 5.74) is 10.3. The van der Waals surface area contributed by atoms with E-state index in [0.29, 0.717) is 31.6 Å². The quantitative estimate of drug-likeness (QED) is 0.917. The van der Waals surface area contributed by atoms with Gasteiger partial charge >= 0.3 is 0 Å². The van der Waals surface area contributed by atoms with Crippen molar-refractivity contribution in [3.05, 3.63) is 70.8 Å². The minimum Gasteiger partial charge on any atom is -0.372 e. The molecule has 1 fully saturated rings. The maximum absolute atomic E-state index is 12.9. The van der Waals surface area contributed by atoms with E-state index in [2.05, 4.69) is 12.1 Å². The van der Waals surface area contributed by atoms with E-state index in [1.54, 1.807) is 0 Å². The van der Waals surface area contributed by atoms with Gasteiger partial charge in [-0.15, -0.1) is 12.4 Å². The normalized spacial score (nSPS) is 21.7. The number of nitrogens with two attached hydrogens (primary N) is 1. The third kappa shape index (κ3) is 3.43. The smallest absolute Gasteiger partial charge is 0.253 e. The van der Waals surface area contributed by atoms with Gasteiger partial charge in [-0.3, -0.25) is 4.79 Å². The molecule has 2 aromatic rings. The minimum atomic E-state index is 0. The molecule has 4 nitrogen and oxygen atoms in total. The monoisotopic (exact) mass is 358 g/mol. The third-order valence-electron chi connectivity index (χ3n) is 5.23. The molecule has 0 bridgehead atoms. The molecule has 25 heavy (non-hydrogen) atoms. The highest BCUT2D eigenvalue weighted by Crippen LogP contribution is 2.33. The first-order valence-electron chi connectivity index (χ1n) is 8.50. The van der Waals surface area contributed by atoms with E-state index in [9.17, 15) is 4.79 Å². The Balaban J connectivity index is 0.00000182. The Morgan fingerprint density at radius 3 is 2.60 bits per heavy atom. The molecule has 0 unspecified atom stereocenters. The van der Waals surface area contributed by atoms with Crippen LogP contribution in [0.15, 0.2) is 48.5 Å². The molecular weight excluding hydrogens is 336 g/mol. The van der Waals surface area contributed by atoms with Gasteiger partial charge in [0, 0.05) is 24.6 Å². The number of nitrogens with zero attached hydrogens (tertiary/aromatic N) is 1. The Kier molecular flexibility index (Phi) is 5.42. The second-order valence-corrected chi connectivity index (χ2v) is 6.70. The molecule has 0 aliphatic carbocycles. The lowest BCUT2D eigenvalue weighted by Gasteiger charge is -2.17. The first-order chi connectivity index (χ1) is 11.8. The summed E-state index contributed by atoms with van der Waals surface area (Å²) in [6.45, 7) is 3.31. The second kappa shape index (κ2) is 7.56. The van der Waals surface area contributed by atoms with Crippen LogP contribution < -0.4 is 5.73 Å². The van der Waals surface area contributed by atoms with Crippen LogP contribution in [0.2, 0.25) is 0 Å². The summed E-state index contributed by atoms with van der Waals surface area (Å²) >= 11 is 0. The highest BCUT2D eigenvalue weighted by molar-refractivity contribution is 5.94. The molecule has 2 atom stereocenters. The zero-order valence-electron chi connectivity index (χ0n) is 14.1. The minimum absolute atomic E-state index is 0. The summed E-state index contributed by atoms with van der Waals surface area (Å²) in [7, 11) is 0. The Morgan fingerprint density at radius 2 is 1.84 bits per heavy atom. The molecule has 0 saturated carbocycles. The highest BCUT2D eigenvalue weighted by Gasteiger charge is 2.35. The first-order valence-corrected chi connectivity index (χ1v) is 8.50. The molecule has 1 saturated heterocycles. The standard InChI is InChI=1S/C20H22N2O2.ClH/c21-9-18-10-22(11-19(18)14-4-2-1-3-5-14)20(23)15-6-7-16-12-24-13-17(16)8-15;/h1-8,18-19H,9-13,21H2;1H/t18-,19+;/m1./s1. The van der Waals surface area contributed by atoms with Crippen molar-refractivity contribution in [1.29, 1.82) is 0 Å². The SMILES string of the molecule is Cl.NC[C@@H]1CN(C(=O)c2ccc3c(c2)COC3)C[C@H]1c1ccccc1. The van der Waals surface area contributed by atoms with Crippen LogP contribution in [-0.2, 0) is 18.0 Å². The summed E-state index contributed by atoms with van der Waals surface area (Å²) in [5, 5.41) is 0. The Bertz CT molecular complexity index is 751. The van der Waals surface area contributed by atoms with E-state index in [4.69, 9.17) is 10.5 Å². The molecule has 0 radical (unpaired) electrons. The van der Waals surface area contributed by atoms with Gasteiger partial charge in [-0.1, -0.05) is 36.4 Å². The van der Waals surface area contributed by atoms with Gasteiger partial charge in [0.25, 0.3) is 5.91 Å². The number of amides is 1. The molecular formula is C20H23ClN2O2. The predicted octanol–water partition coefficient (Wildman–Crippen LogP) is 2.95. The van der Waals surface area contributed by atoms with Crippen LogP contribution in [0.4, 0.5) is 0 Å². The van der Waals surface area contributed by atoms with Gasteiger partial charge < -0.3 is 15.4 Å². The lowest BCUT2D eigenvalue weighted by Crippen LogP contribution is -2.29. The maximum atomic E-state index is 12.9. The molecule has 2 aromatic carbocycles. The average Bonchev–Trinajstić information content (AvgIpc) is 3.27. The predicted molar refractivity (Wildman–Crippen MR) is 99.8 cm³/mol. The second-order valence-electron chi connectivity index (χ2n) is 6.70. The molecule has 2 aliphatic rings. The number of ether oxygens (including phenoxy) is 1. The van der Waals surface area contributed by atoms with E-state index in [1.165, 1.54) is 11.1 Å². The number of hydrogen-bond donors (Lipinski definition) is 1. The summed E-state index contributed by atoms with van der Waals surface area (Å²) in [6, 6.07) is 16.3. The molecule has 2 aliphatic heterocycles. The Morgan fingerprint density at radius 1 is 1.08 bits per heavy atom. The van der Waals surface area contributed by atoms with Crippen molar-refractivity contribution < 1.29 is 9.53 Å². The Labute approximate surface area is 154 Å². The summed E-state index contributed by atoms with van der Waals surface area (Å²) in [5.74, 6) is 0.730. The van der Waals surface area contributed by atoms with E-state index in [-0.39, 0.29) is 18.3 Å². The Hall–Kier alpha value is -1.88. The fourth-order valence-electron chi connectivity index (χ4n) is 3.84. The molecule has 2 N–H and O–H groups in total. The van der Waals surface area contributed by atoms with Crippen molar-refractivity contribution in [3.8, 4) is 0 Å². The van der Waals surface area contributed by atoms with E-state index in [0.717, 1.165) is 24.2 Å². The van der Waals surface area contributed by atoms with Crippen LogP contribution in [-0.4, -0.2) is 30.4 Å². The van der Waals surface area contributed by atoms with Crippen LogP contribution >= 0.6 is 12.4 Å². The van der Waals surface area contributed by atoms with Gasteiger partial charge in [0.2, 0.25) is 0 Å². The van der Waals surface area contributed by atoms with E-state index >= 15 is 0 Å². The third-order valence-corrected chi connectivity index (χ3v) is 5.23. The van der Waals surface area contributed by atoms with Gasteiger partial charge in [-0.05, 0) is 41.3 Å². The van der Waals surface area contributed by atoms with Gasteiger partial charge in [0.15, 0.2) is 0 Å². The lowest BCUT2D eigenvalue weighted by molar-refractivity contribution is 0.0786.